The number of rotatable bonds is 3. The third-order valence-electron chi connectivity index (χ3n) is 2.60. The van der Waals surface area contributed by atoms with Crippen molar-refractivity contribution in [3.8, 4) is 5.75 Å². The van der Waals surface area contributed by atoms with Gasteiger partial charge in [-0.25, -0.2) is 0 Å². The van der Waals surface area contributed by atoms with Crippen LogP contribution in [0.1, 0.15) is 15.9 Å². The molecule has 0 heterocycles. The molecule has 2 rings (SSSR count). The average molecular weight is 360 g/mol. The first-order chi connectivity index (χ1) is 9.04. The Morgan fingerprint density at radius 3 is 2.58 bits per heavy atom. The summed E-state index contributed by atoms with van der Waals surface area (Å²) in [5.41, 5.74) is 0.796. The molecule has 0 aliphatic heterocycles. The summed E-state index contributed by atoms with van der Waals surface area (Å²) in [5.74, 6) is 0.257. The fourth-order valence-electron chi connectivity index (χ4n) is 1.68. The second-order valence-electron chi connectivity index (χ2n) is 3.78. The highest BCUT2D eigenvalue weighted by atomic mass is 79.9. The van der Waals surface area contributed by atoms with Crippen molar-refractivity contribution in [1.29, 1.82) is 0 Å². The number of methoxy groups -OCH3 is 1. The molecule has 0 aromatic heterocycles. The fourth-order valence-corrected chi connectivity index (χ4v) is 2.40. The summed E-state index contributed by atoms with van der Waals surface area (Å²) < 4.78 is 6.04. The molecule has 0 amide bonds. The Kier molecular flexibility index (Phi) is 4.50. The van der Waals surface area contributed by atoms with Crippen LogP contribution in [0, 0.1) is 0 Å². The fraction of sp³-hybridized carbons (Fsp3) is 0.0714. The van der Waals surface area contributed by atoms with E-state index in [1.54, 1.807) is 36.4 Å². The minimum absolute atomic E-state index is 0.225. The number of ether oxygens (including phenoxy) is 1. The van der Waals surface area contributed by atoms with E-state index in [9.17, 15) is 4.79 Å². The molecule has 5 heteroatoms. The third kappa shape index (κ3) is 2.94. The molecule has 0 unspecified atom stereocenters. The Balaban J connectivity index is 2.53. The summed E-state index contributed by atoms with van der Waals surface area (Å²) in [7, 11) is 1.51. The van der Waals surface area contributed by atoms with Gasteiger partial charge in [0.05, 0.1) is 22.7 Å². The zero-order valence-electron chi connectivity index (χ0n) is 9.91. The van der Waals surface area contributed by atoms with Crippen LogP contribution in [0.3, 0.4) is 0 Å². The predicted octanol–water partition coefficient (Wildman–Crippen LogP) is 5.00. The van der Waals surface area contributed by atoms with Crippen molar-refractivity contribution in [2.45, 2.75) is 0 Å². The van der Waals surface area contributed by atoms with Crippen LogP contribution in [0.2, 0.25) is 10.0 Å². The van der Waals surface area contributed by atoms with Crippen molar-refractivity contribution in [2.24, 2.45) is 0 Å². The molecule has 98 valence electrons. The van der Waals surface area contributed by atoms with E-state index in [2.05, 4.69) is 15.9 Å². The maximum absolute atomic E-state index is 12.5. The van der Waals surface area contributed by atoms with E-state index in [1.165, 1.54) is 7.11 Å². The summed E-state index contributed by atoms with van der Waals surface area (Å²) >= 11 is 15.3. The molecule has 0 N–H and O–H groups in total. The normalized spacial score (nSPS) is 10.3. The Labute approximate surface area is 129 Å². The van der Waals surface area contributed by atoms with E-state index >= 15 is 0 Å². The van der Waals surface area contributed by atoms with Crippen LogP contribution in [0.15, 0.2) is 40.9 Å². The number of hydrogen-bond donors (Lipinski definition) is 0. The van der Waals surface area contributed by atoms with Crippen molar-refractivity contribution in [2.75, 3.05) is 7.11 Å². The van der Waals surface area contributed by atoms with Gasteiger partial charge < -0.3 is 4.74 Å². The zero-order valence-corrected chi connectivity index (χ0v) is 13.0. The van der Waals surface area contributed by atoms with E-state index < -0.39 is 0 Å². The molecule has 2 aromatic carbocycles. The van der Waals surface area contributed by atoms with Gasteiger partial charge in [0.15, 0.2) is 5.78 Å². The van der Waals surface area contributed by atoms with E-state index in [1.807, 2.05) is 0 Å². The van der Waals surface area contributed by atoms with Gasteiger partial charge in [0.25, 0.3) is 0 Å². The van der Waals surface area contributed by atoms with Crippen LogP contribution in [0.25, 0.3) is 0 Å². The first-order valence-corrected chi connectivity index (χ1v) is 6.91. The van der Waals surface area contributed by atoms with Crippen LogP contribution >= 0.6 is 39.1 Å². The maximum atomic E-state index is 12.5. The summed E-state index contributed by atoms with van der Waals surface area (Å²) in [6.07, 6.45) is 0. The van der Waals surface area contributed by atoms with Gasteiger partial charge in [-0.2, -0.15) is 0 Å². The minimum Gasteiger partial charge on any atom is -0.496 e. The zero-order chi connectivity index (χ0) is 14.0. The monoisotopic (exact) mass is 358 g/mol. The van der Waals surface area contributed by atoms with Crippen molar-refractivity contribution < 1.29 is 9.53 Å². The molecule has 0 bridgehead atoms. The Morgan fingerprint density at radius 2 is 1.89 bits per heavy atom. The molecular weight excluding hydrogens is 351 g/mol. The standard InChI is InChI=1S/C14H9BrCl2O2/c1-19-12-7-8(15)5-6-9(12)14(18)10-3-2-4-11(16)13(10)17/h2-7H,1H3. The van der Waals surface area contributed by atoms with Crippen LogP contribution in [0.4, 0.5) is 0 Å². The Bertz CT molecular complexity index is 641. The molecule has 2 aromatic rings. The number of ketones is 1. The van der Waals surface area contributed by atoms with Gasteiger partial charge in [0, 0.05) is 10.0 Å². The van der Waals surface area contributed by atoms with Crippen molar-refractivity contribution in [3.63, 3.8) is 0 Å². The molecule has 0 spiro atoms. The molecular formula is C14H9BrCl2O2. The van der Waals surface area contributed by atoms with Crippen LogP contribution in [-0.4, -0.2) is 12.9 Å². The lowest BCUT2D eigenvalue weighted by Crippen LogP contribution is -2.05. The van der Waals surface area contributed by atoms with E-state index in [0.29, 0.717) is 21.9 Å². The number of hydrogen-bond acceptors (Lipinski definition) is 2. The summed E-state index contributed by atoms with van der Waals surface area (Å²) in [6.45, 7) is 0. The lowest BCUT2D eigenvalue weighted by Gasteiger charge is -2.09. The molecule has 0 saturated heterocycles. The van der Waals surface area contributed by atoms with Crippen molar-refractivity contribution in [3.05, 3.63) is 62.0 Å². The molecule has 0 fully saturated rings. The number of carbonyl (C=O) groups excluding carboxylic acids is 1. The lowest BCUT2D eigenvalue weighted by molar-refractivity contribution is 0.103. The van der Waals surface area contributed by atoms with Gasteiger partial charge in [-0.3, -0.25) is 4.79 Å². The number of halogens is 3. The SMILES string of the molecule is COc1cc(Br)ccc1C(=O)c1cccc(Cl)c1Cl. The van der Waals surface area contributed by atoms with Crippen molar-refractivity contribution in [1.82, 2.24) is 0 Å². The summed E-state index contributed by atoms with van der Waals surface area (Å²) in [6, 6.07) is 10.1. The molecule has 0 atom stereocenters. The molecule has 0 saturated carbocycles. The van der Waals surface area contributed by atoms with Gasteiger partial charge in [0.1, 0.15) is 5.75 Å². The highest BCUT2D eigenvalue weighted by Gasteiger charge is 2.18. The van der Waals surface area contributed by atoms with Gasteiger partial charge >= 0.3 is 0 Å². The maximum Gasteiger partial charge on any atom is 0.198 e. The van der Waals surface area contributed by atoms with E-state index in [4.69, 9.17) is 27.9 Å². The van der Waals surface area contributed by atoms with E-state index in [-0.39, 0.29) is 10.8 Å². The first-order valence-electron chi connectivity index (χ1n) is 5.37. The number of carbonyl (C=O) groups is 1. The predicted molar refractivity (Wildman–Crippen MR) is 80.6 cm³/mol. The van der Waals surface area contributed by atoms with Crippen LogP contribution in [-0.2, 0) is 0 Å². The topological polar surface area (TPSA) is 26.3 Å². The van der Waals surface area contributed by atoms with Crippen molar-refractivity contribution >= 4 is 44.9 Å². The molecule has 0 aliphatic rings. The largest absolute Gasteiger partial charge is 0.496 e. The highest BCUT2D eigenvalue weighted by molar-refractivity contribution is 9.10. The van der Waals surface area contributed by atoms with E-state index in [0.717, 1.165) is 4.47 Å². The second kappa shape index (κ2) is 5.95. The minimum atomic E-state index is -0.225. The van der Waals surface area contributed by atoms with Crippen LogP contribution in [0.5, 0.6) is 5.75 Å². The Morgan fingerprint density at radius 1 is 1.16 bits per heavy atom. The second-order valence-corrected chi connectivity index (χ2v) is 5.48. The van der Waals surface area contributed by atoms with Gasteiger partial charge in [-0.15, -0.1) is 0 Å². The Hall–Kier alpha value is -1.03. The van der Waals surface area contributed by atoms with Crippen LogP contribution < -0.4 is 4.74 Å². The average Bonchev–Trinajstić information content (AvgIpc) is 2.41. The summed E-state index contributed by atoms with van der Waals surface area (Å²) in [4.78, 5) is 12.5. The van der Waals surface area contributed by atoms with Gasteiger partial charge in [-0.05, 0) is 30.3 Å². The molecule has 19 heavy (non-hydrogen) atoms. The molecule has 2 nitrogen and oxygen atoms in total. The quantitative estimate of drug-likeness (QED) is 0.721. The first kappa shape index (κ1) is 14.4. The highest BCUT2D eigenvalue weighted by Crippen LogP contribution is 2.31. The van der Waals surface area contributed by atoms with Gasteiger partial charge in [-0.1, -0.05) is 45.2 Å². The third-order valence-corrected chi connectivity index (χ3v) is 3.92. The van der Waals surface area contributed by atoms with Gasteiger partial charge in [0.2, 0.25) is 0 Å². The summed E-state index contributed by atoms with van der Waals surface area (Å²) in [5, 5.41) is 0.600. The molecule has 0 radical (unpaired) electrons. The smallest absolute Gasteiger partial charge is 0.198 e. The molecule has 0 aliphatic carbocycles. The lowest BCUT2D eigenvalue weighted by atomic mass is 10.0. The number of benzene rings is 2.